The number of amidine groups is 1. The smallest absolute Gasteiger partial charge is 0.475 e. The average Bonchev–Trinajstić information content (AvgIpc) is 3.17. The molecule has 29 heavy (non-hydrogen) atoms. The number of likely N-dealkylation sites (tertiary alicyclic amines) is 1. The number of hydrogen-bond acceptors (Lipinski definition) is 5. The number of hydrogen-bond donors (Lipinski definition) is 1. The van der Waals surface area contributed by atoms with Crippen molar-refractivity contribution in [3.05, 3.63) is 0 Å². The molecule has 4 rings (SSSR count). The standard InChI is InChI=1S/C17H27N3O2.C2HF3O2/c1-12-18-17(16(21)20(12)7-8-22-2)6-5-14-10-19(11-15(14)17)9-13-3-4-13;3-2(4,5)1(6)7/h13-15H,3-11H2,1-2H3;(H,6,7)/t14-,15+,17-;/m1./s1. The molecule has 0 unspecified atom stereocenters. The van der Waals surface area contributed by atoms with Gasteiger partial charge in [0.25, 0.3) is 5.91 Å². The van der Waals surface area contributed by atoms with Crippen LogP contribution in [0.25, 0.3) is 0 Å². The van der Waals surface area contributed by atoms with Gasteiger partial charge in [0.15, 0.2) is 0 Å². The molecule has 2 heterocycles. The molecule has 0 radical (unpaired) electrons. The van der Waals surface area contributed by atoms with Crippen molar-refractivity contribution in [1.29, 1.82) is 0 Å². The minimum absolute atomic E-state index is 0.239. The number of amides is 1. The zero-order valence-corrected chi connectivity index (χ0v) is 16.7. The molecule has 10 heteroatoms. The van der Waals surface area contributed by atoms with Gasteiger partial charge >= 0.3 is 12.1 Å². The number of aliphatic carboxylic acids is 1. The fourth-order valence-corrected chi connectivity index (χ4v) is 4.83. The van der Waals surface area contributed by atoms with Crippen molar-refractivity contribution in [3.63, 3.8) is 0 Å². The molecule has 3 fully saturated rings. The van der Waals surface area contributed by atoms with E-state index in [2.05, 4.69) is 4.90 Å². The quantitative estimate of drug-likeness (QED) is 0.737. The lowest BCUT2D eigenvalue weighted by Gasteiger charge is -2.28. The topological polar surface area (TPSA) is 82.4 Å². The first kappa shape index (κ1) is 22.0. The number of halogens is 3. The Labute approximate surface area is 167 Å². The van der Waals surface area contributed by atoms with E-state index in [1.54, 1.807) is 7.11 Å². The van der Waals surface area contributed by atoms with Crippen LogP contribution in [-0.4, -0.2) is 84.2 Å². The van der Waals surface area contributed by atoms with Crippen molar-refractivity contribution >= 4 is 17.7 Å². The van der Waals surface area contributed by atoms with Crippen molar-refractivity contribution < 1.29 is 32.6 Å². The first-order valence-electron chi connectivity index (χ1n) is 9.98. The molecule has 0 bridgehead atoms. The van der Waals surface area contributed by atoms with Gasteiger partial charge < -0.3 is 14.7 Å². The van der Waals surface area contributed by atoms with Gasteiger partial charge in [0.1, 0.15) is 11.4 Å². The predicted octanol–water partition coefficient (Wildman–Crippen LogP) is 2.02. The summed E-state index contributed by atoms with van der Waals surface area (Å²) in [4.78, 5) is 31.3. The summed E-state index contributed by atoms with van der Waals surface area (Å²) in [5.74, 6) is 0.402. The molecule has 1 amide bonds. The monoisotopic (exact) mass is 419 g/mol. The van der Waals surface area contributed by atoms with E-state index in [-0.39, 0.29) is 5.91 Å². The lowest BCUT2D eigenvalue weighted by atomic mass is 9.85. The lowest BCUT2D eigenvalue weighted by molar-refractivity contribution is -0.192. The van der Waals surface area contributed by atoms with Crippen LogP contribution >= 0.6 is 0 Å². The number of aliphatic imine (C=N–C) groups is 1. The third-order valence-electron chi connectivity index (χ3n) is 6.37. The normalized spacial score (nSPS) is 31.7. The van der Waals surface area contributed by atoms with Crippen LogP contribution < -0.4 is 0 Å². The Balaban J connectivity index is 0.000000298. The van der Waals surface area contributed by atoms with Crippen molar-refractivity contribution in [3.8, 4) is 0 Å². The molecule has 1 spiro atoms. The summed E-state index contributed by atoms with van der Waals surface area (Å²) in [7, 11) is 1.68. The SMILES string of the molecule is COCCN1C(=O)[C@]2(CC[C@@H]3CN(CC4CC4)C[C@@H]32)N=C1C.O=C(O)C(F)(F)F. The molecule has 4 aliphatic rings. The summed E-state index contributed by atoms with van der Waals surface area (Å²) in [6.07, 6.45) is -0.179. The Hall–Kier alpha value is -1.68. The highest BCUT2D eigenvalue weighted by atomic mass is 19.4. The van der Waals surface area contributed by atoms with E-state index < -0.39 is 17.7 Å². The highest BCUT2D eigenvalue weighted by Gasteiger charge is 2.60. The maximum atomic E-state index is 13.1. The maximum Gasteiger partial charge on any atom is 0.490 e. The van der Waals surface area contributed by atoms with E-state index in [0.29, 0.717) is 25.0 Å². The van der Waals surface area contributed by atoms with Crippen molar-refractivity contribution in [2.24, 2.45) is 22.7 Å². The largest absolute Gasteiger partial charge is 0.490 e. The van der Waals surface area contributed by atoms with Crippen LogP contribution in [0.5, 0.6) is 0 Å². The molecule has 0 aromatic rings. The highest BCUT2D eigenvalue weighted by molar-refractivity contribution is 6.07. The van der Waals surface area contributed by atoms with E-state index >= 15 is 0 Å². The molecule has 0 aromatic carbocycles. The second-order valence-electron chi connectivity index (χ2n) is 8.40. The lowest BCUT2D eigenvalue weighted by Crippen LogP contribution is -2.47. The van der Waals surface area contributed by atoms with E-state index in [4.69, 9.17) is 19.6 Å². The minimum atomic E-state index is -5.08. The number of carbonyl (C=O) groups is 2. The fraction of sp³-hybridized carbons (Fsp3) is 0.842. The predicted molar refractivity (Wildman–Crippen MR) is 98.5 cm³/mol. The van der Waals surface area contributed by atoms with E-state index in [1.165, 1.54) is 25.9 Å². The second kappa shape index (κ2) is 8.22. The van der Waals surface area contributed by atoms with Crippen LogP contribution in [0.4, 0.5) is 13.2 Å². The van der Waals surface area contributed by atoms with Crippen molar-refractivity contribution in [1.82, 2.24) is 9.80 Å². The summed E-state index contributed by atoms with van der Waals surface area (Å²) in [5, 5.41) is 7.12. The van der Waals surface area contributed by atoms with E-state index in [1.807, 2.05) is 11.8 Å². The van der Waals surface area contributed by atoms with E-state index in [0.717, 1.165) is 31.1 Å². The Morgan fingerprint density at radius 3 is 2.52 bits per heavy atom. The molecular weight excluding hydrogens is 391 g/mol. The number of rotatable bonds is 5. The van der Waals surface area contributed by atoms with Gasteiger partial charge in [-0.3, -0.25) is 14.7 Å². The van der Waals surface area contributed by atoms with Gasteiger partial charge in [-0.1, -0.05) is 0 Å². The van der Waals surface area contributed by atoms with Crippen LogP contribution in [-0.2, 0) is 14.3 Å². The number of methoxy groups -OCH3 is 1. The number of carboxylic acids is 1. The number of ether oxygens (including phenoxy) is 1. The summed E-state index contributed by atoms with van der Waals surface area (Å²) in [6.45, 7) is 6.69. The first-order valence-corrected chi connectivity index (χ1v) is 9.98. The van der Waals surface area contributed by atoms with Crippen LogP contribution in [0.15, 0.2) is 4.99 Å². The highest BCUT2D eigenvalue weighted by Crippen LogP contribution is 2.50. The maximum absolute atomic E-state index is 13.1. The van der Waals surface area contributed by atoms with Crippen molar-refractivity contribution in [2.45, 2.75) is 44.3 Å². The molecule has 164 valence electrons. The molecule has 3 atom stereocenters. The minimum Gasteiger partial charge on any atom is -0.475 e. The summed E-state index contributed by atoms with van der Waals surface area (Å²) in [6, 6.07) is 0. The molecule has 1 N–H and O–H groups in total. The van der Waals surface area contributed by atoms with Gasteiger partial charge in [0.2, 0.25) is 0 Å². The van der Waals surface area contributed by atoms with Crippen molar-refractivity contribution in [2.75, 3.05) is 39.9 Å². The molecular formula is C19H28F3N3O4. The van der Waals surface area contributed by atoms with Crippen LogP contribution in [0.1, 0.15) is 32.6 Å². The van der Waals surface area contributed by atoms with Gasteiger partial charge in [-0.05, 0) is 44.4 Å². The molecule has 2 aliphatic carbocycles. The van der Waals surface area contributed by atoms with Crippen LogP contribution in [0.2, 0.25) is 0 Å². The number of fused-ring (bicyclic) bond motifs is 2. The number of carbonyl (C=O) groups excluding carboxylic acids is 1. The van der Waals surface area contributed by atoms with Crippen LogP contribution in [0.3, 0.4) is 0 Å². The fourth-order valence-electron chi connectivity index (χ4n) is 4.83. The Morgan fingerprint density at radius 2 is 1.97 bits per heavy atom. The van der Waals surface area contributed by atoms with Gasteiger partial charge in [-0.2, -0.15) is 13.2 Å². The Bertz CT molecular complexity index is 680. The zero-order valence-electron chi connectivity index (χ0n) is 16.7. The number of carboxylic acid groups (broad SMARTS) is 1. The molecule has 0 aromatic heterocycles. The second-order valence-corrected chi connectivity index (χ2v) is 8.40. The molecule has 1 saturated heterocycles. The molecule has 2 aliphatic heterocycles. The van der Waals surface area contributed by atoms with Gasteiger partial charge in [0.05, 0.1) is 13.2 Å². The number of nitrogens with zero attached hydrogens (tertiary/aromatic N) is 3. The summed E-state index contributed by atoms with van der Waals surface area (Å²) in [5.41, 5.74) is -0.444. The third-order valence-corrected chi connectivity index (χ3v) is 6.37. The summed E-state index contributed by atoms with van der Waals surface area (Å²) < 4.78 is 36.9. The summed E-state index contributed by atoms with van der Waals surface area (Å²) >= 11 is 0. The van der Waals surface area contributed by atoms with Gasteiger partial charge in [0, 0.05) is 32.7 Å². The third kappa shape index (κ3) is 4.58. The zero-order chi connectivity index (χ0) is 21.4. The van der Waals surface area contributed by atoms with Gasteiger partial charge in [-0.15, -0.1) is 0 Å². The Morgan fingerprint density at radius 1 is 1.31 bits per heavy atom. The molecule has 2 saturated carbocycles. The van der Waals surface area contributed by atoms with E-state index in [9.17, 15) is 18.0 Å². The van der Waals surface area contributed by atoms with Gasteiger partial charge in [-0.25, -0.2) is 4.79 Å². The number of alkyl halides is 3. The molecule has 7 nitrogen and oxygen atoms in total. The Kier molecular flexibility index (Phi) is 6.24. The van der Waals surface area contributed by atoms with Crippen LogP contribution in [0, 0.1) is 17.8 Å². The average molecular weight is 419 g/mol. The first-order chi connectivity index (χ1) is 13.6.